The molecule has 5 heteroatoms. The molecule has 0 spiro atoms. The van der Waals surface area contributed by atoms with E-state index in [-0.39, 0.29) is 6.71 Å². The summed E-state index contributed by atoms with van der Waals surface area (Å²) in [4.78, 5) is 2.26. The number of hydrogen-bond donors (Lipinski definition) is 0. The molecule has 192 valence electrons. The van der Waals surface area contributed by atoms with Crippen LogP contribution in [0.2, 0.25) is 0 Å². The van der Waals surface area contributed by atoms with Crippen molar-refractivity contribution in [1.29, 1.82) is 0 Å². The first-order valence-electron chi connectivity index (χ1n) is 13.8. The smallest absolute Gasteiger partial charge is 0.260 e. The van der Waals surface area contributed by atoms with Crippen LogP contribution in [0, 0.1) is 0 Å². The number of hydrogen-bond acceptors (Lipinski definition) is 4. The molecule has 0 saturated heterocycles. The zero-order chi connectivity index (χ0) is 26.9. The molecule has 0 radical (unpaired) electrons. The van der Waals surface area contributed by atoms with Crippen LogP contribution in [0.5, 0.6) is 34.5 Å². The van der Waals surface area contributed by atoms with Crippen molar-refractivity contribution in [3.63, 3.8) is 0 Å². The van der Waals surface area contributed by atoms with Gasteiger partial charge in [0, 0.05) is 16.7 Å². The molecular weight excluding hydrogens is 505 g/mol. The van der Waals surface area contributed by atoms with Gasteiger partial charge in [0.1, 0.15) is 23.0 Å². The van der Waals surface area contributed by atoms with Crippen LogP contribution in [0.3, 0.4) is 0 Å². The lowest BCUT2D eigenvalue weighted by molar-refractivity contribution is 0.464. The third-order valence-corrected chi connectivity index (χ3v) is 8.17. The van der Waals surface area contributed by atoms with Crippen LogP contribution in [-0.4, -0.2) is 6.71 Å². The Morgan fingerprint density at radius 2 is 1.05 bits per heavy atom. The predicted molar refractivity (Wildman–Crippen MR) is 164 cm³/mol. The van der Waals surface area contributed by atoms with Gasteiger partial charge < -0.3 is 19.1 Å². The van der Waals surface area contributed by atoms with Crippen molar-refractivity contribution in [3.8, 4) is 45.6 Å². The van der Waals surface area contributed by atoms with Gasteiger partial charge in [-0.05, 0) is 71.1 Å². The second kappa shape index (κ2) is 8.54. The Balaban J connectivity index is 1.26. The molecule has 3 heterocycles. The number of ether oxygens (including phenoxy) is 3. The molecule has 0 atom stereocenters. The third kappa shape index (κ3) is 3.29. The fourth-order valence-electron chi connectivity index (χ4n) is 6.41. The summed E-state index contributed by atoms with van der Waals surface area (Å²) in [7, 11) is 0. The van der Waals surface area contributed by atoms with E-state index in [1.165, 1.54) is 0 Å². The number of fused-ring (bicyclic) bond motifs is 6. The number of rotatable bonds is 2. The maximum atomic E-state index is 6.66. The highest BCUT2D eigenvalue weighted by atomic mass is 16.5. The van der Waals surface area contributed by atoms with E-state index in [1.54, 1.807) is 0 Å². The standard InChI is InChI=1S/C36H22BNO3/c1-2-11-24(12-3-1)38-28-16-6-9-20-32(28)41-36-25(13-10-17-29(36)38)23-21-33-35-34(22-23)40-31-19-8-5-15-27(31)37(35)26-14-4-7-18-30(26)39-33/h1-22H. The molecule has 0 fully saturated rings. The van der Waals surface area contributed by atoms with Gasteiger partial charge in [0.05, 0.1) is 11.4 Å². The second-order valence-corrected chi connectivity index (χ2v) is 10.5. The summed E-state index contributed by atoms with van der Waals surface area (Å²) in [5.74, 6) is 4.98. The minimum atomic E-state index is 0.0466. The molecule has 0 aliphatic carbocycles. The molecule has 0 bridgehead atoms. The fraction of sp³-hybridized carbons (Fsp3) is 0. The van der Waals surface area contributed by atoms with Crippen molar-refractivity contribution in [2.75, 3.05) is 4.90 Å². The van der Waals surface area contributed by atoms with Gasteiger partial charge in [0.25, 0.3) is 6.71 Å². The highest BCUT2D eigenvalue weighted by Crippen LogP contribution is 2.54. The summed E-state index contributed by atoms with van der Waals surface area (Å²) >= 11 is 0. The molecule has 41 heavy (non-hydrogen) atoms. The van der Waals surface area contributed by atoms with Crippen LogP contribution in [-0.2, 0) is 0 Å². The van der Waals surface area contributed by atoms with E-state index in [9.17, 15) is 0 Å². The van der Waals surface area contributed by atoms with Crippen LogP contribution in [0.15, 0.2) is 133 Å². The van der Waals surface area contributed by atoms with Gasteiger partial charge in [-0.3, -0.25) is 0 Å². The molecule has 3 aliphatic heterocycles. The molecule has 3 aliphatic rings. The summed E-state index contributed by atoms with van der Waals surface area (Å²) in [6, 6.07) is 45.7. The van der Waals surface area contributed by atoms with Crippen LogP contribution >= 0.6 is 0 Å². The molecule has 0 aromatic heterocycles. The molecule has 0 amide bonds. The maximum Gasteiger partial charge on any atom is 0.260 e. The number of benzene rings is 6. The highest BCUT2D eigenvalue weighted by molar-refractivity contribution is 6.98. The Labute approximate surface area is 238 Å². The zero-order valence-corrected chi connectivity index (χ0v) is 22.0. The largest absolute Gasteiger partial charge is 0.458 e. The quantitative estimate of drug-likeness (QED) is 0.216. The average Bonchev–Trinajstić information content (AvgIpc) is 3.03. The van der Waals surface area contributed by atoms with E-state index in [0.29, 0.717) is 0 Å². The summed E-state index contributed by atoms with van der Waals surface area (Å²) < 4.78 is 19.8. The Morgan fingerprint density at radius 3 is 1.76 bits per heavy atom. The van der Waals surface area contributed by atoms with Crippen molar-refractivity contribution in [3.05, 3.63) is 133 Å². The molecule has 0 N–H and O–H groups in total. The number of nitrogens with zero attached hydrogens (tertiary/aromatic N) is 1. The first-order chi connectivity index (χ1) is 20.3. The van der Waals surface area contributed by atoms with E-state index >= 15 is 0 Å². The fourth-order valence-corrected chi connectivity index (χ4v) is 6.41. The lowest BCUT2D eigenvalue weighted by atomic mass is 9.35. The van der Waals surface area contributed by atoms with E-state index in [2.05, 4.69) is 89.8 Å². The van der Waals surface area contributed by atoms with Crippen molar-refractivity contribution in [2.24, 2.45) is 0 Å². The van der Waals surface area contributed by atoms with Crippen molar-refractivity contribution >= 4 is 40.2 Å². The van der Waals surface area contributed by atoms with E-state index in [4.69, 9.17) is 14.2 Å². The SMILES string of the molecule is c1ccc(N2c3ccccc3Oc3c(-c4cc5c6c(c4)Oc4ccccc4B6c4ccccc4O5)cccc32)cc1. The normalized spacial score (nSPS) is 13.4. The summed E-state index contributed by atoms with van der Waals surface area (Å²) in [6.45, 7) is 0.0466. The lowest BCUT2D eigenvalue weighted by Gasteiger charge is -2.35. The van der Waals surface area contributed by atoms with Crippen LogP contribution in [0.1, 0.15) is 0 Å². The Bertz CT molecular complexity index is 1930. The topological polar surface area (TPSA) is 30.9 Å². The minimum Gasteiger partial charge on any atom is -0.458 e. The van der Waals surface area contributed by atoms with E-state index in [1.807, 2.05) is 48.5 Å². The molecule has 9 rings (SSSR count). The molecule has 6 aromatic carbocycles. The van der Waals surface area contributed by atoms with Crippen LogP contribution in [0.4, 0.5) is 17.1 Å². The molecule has 6 aromatic rings. The van der Waals surface area contributed by atoms with Gasteiger partial charge >= 0.3 is 0 Å². The van der Waals surface area contributed by atoms with Crippen molar-refractivity contribution in [1.82, 2.24) is 0 Å². The summed E-state index contributed by atoms with van der Waals surface area (Å²) in [6.07, 6.45) is 0. The summed E-state index contributed by atoms with van der Waals surface area (Å²) in [5.41, 5.74) is 8.37. The van der Waals surface area contributed by atoms with Crippen LogP contribution in [0.25, 0.3) is 11.1 Å². The molecule has 4 nitrogen and oxygen atoms in total. The van der Waals surface area contributed by atoms with Gasteiger partial charge in [-0.1, -0.05) is 78.9 Å². The molecule has 0 saturated carbocycles. The van der Waals surface area contributed by atoms with Gasteiger partial charge in [0.2, 0.25) is 0 Å². The lowest BCUT2D eigenvalue weighted by Crippen LogP contribution is -2.57. The number of para-hydroxylation sites is 6. The van der Waals surface area contributed by atoms with Gasteiger partial charge in [-0.2, -0.15) is 0 Å². The Morgan fingerprint density at radius 1 is 0.463 bits per heavy atom. The Hall–Kier alpha value is -5.42. The third-order valence-electron chi connectivity index (χ3n) is 8.17. The molecular formula is C36H22BNO3. The highest BCUT2D eigenvalue weighted by Gasteiger charge is 2.40. The second-order valence-electron chi connectivity index (χ2n) is 10.5. The first kappa shape index (κ1) is 22.4. The minimum absolute atomic E-state index is 0.0466. The number of anilines is 3. The maximum absolute atomic E-state index is 6.66. The Kier molecular flexibility index (Phi) is 4.67. The monoisotopic (exact) mass is 527 g/mol. The van der Waals surface area contributed by atoms with Gasteiger partial charge in [-0.15, -0.1) is 0 Å². The van der Waals surface area contributed by atoms with E-state index < -0.39 is 0 Å². The first-order valence-corrected chi connectivity index (χ1v) is 13.8. The predicted octanol–water partition coefficient (Wildman–Crippen LogP) is 7.66. The van der Waals surface area contributed by atoms with Gasteiger partial charge in [-0.25, -0.2) is 0 Å². The summed E-state index contributed by atoms with van der Waals surface area (Å²) in [5, 5.41) is 0. The van der Waals surface area contributed by atoms with Crippen molar-refractivity contribution < 1.29 is 14.2 Å². The van der Waals surface area contributed by atoms with Crippen molar-refractivity contribution in [2.45, 2.75) is 0 Å². The van der Waals surface area contributed by atoms with E-state index in [0.717, 1.165) is 79.1 Å². The van der Waals surface area contributed by atoms with Crippen LogP contribution < -0.4 is 35.5 Å². The molecule has 0 unspecified atom stereocenters. The average molecular weight is 527 g/mol. The zero-order valence-electron chi connectivity index (χ0n) is 22.0. The van der Waals surface area contributed by atoms with Gasteiger partial charge in [0.15, 0.2) is 11.5 Å².